The normalized spacial score (nSPS) is 24.3. The first-order valence-corrected chi connectivity index (χ1v) is 15.7. The summed E-state index contributed by atoms with van der Waals surface area (Å²) in [5.74, 6) is -1.14. The zero-order chi connectivity index (χ0) is 32.1. The highest BCUT2D eigenvalue weighted by Gasteiger charge is 2.59. The molecule has 1 saturated carbocycles. The van der Waals surface area contributed by atoms with Gasteiger partial charge in [0.15, 0.2) is 9.84 Å². The topological polar surface area (TPSA) is 125 Å². The molecule has 0 spiro atoms. The number of nitrogens with two attached hydrogens (primary N) is 1. The average molecular weight is 640 g/mol. The molecular weight excluding hydrogens is 600 g/mol. The Labute approximate surface area is 247 Å². The van der Waals surface area contributed by atoms with Crippen molar-refractivity contribution in [3.63, 3.8) is 0 Å². The number of hydrogen-bond acceptors (Lipinski definition) is 6. The molecule has 242 valence electrons. The van der Waals surface area contributed by atoms with Crippen molar-refractivity contribution in [1.82, 2.24) is 21.3 Å². The molecule has 43 heavy (non-hydrogen) atoms. The summed E-state index contributed by atoms with van der Waals surface area (Å²) in [7, 11) is -4.27. The maximum Gasteiger partial charge on any atom is 0.413 e. The summed E-state index contributed by atoms with van der Waals surface area (Å²) in [6, 6.07) is -0.900. The fourth-order valence-corrected chi connectivity index (χ4v) is 7.28. The van der Waals surface area contributed by atoms with Gasteiger partial charge in [-0.1, -0.05) is 24.8 Å². The van der Waals surface area contributed by atoms with Gasteiger partial charge in [0.2, 0.25) is 0 Å². The van der Waals surface area contributed by atoms with Crippen molar-refractivity contribution < 1.29 is 39.6 Å². The molecule has 3 rings (SSSR count). The number of carbonyl (C=O) groups is 1. The van der Waals surface area contributed by atoms with E-state index in [9.17, 15) is 39.6 Å². The lowest BCUT2D eigenvalue weighted by Crippen LogP contribution is -2.57. The van der Waals surface area contributed by atoms with Gasteiger partial charge in [-0.05, 0) is 69.4 Å². The Morgan fingerprint density at radius 2 is 1.88 bits per heavy atom. The first-order chi connectivity index (χ1) is 20.0. The maximum absolute atomic E-state index is 13.6. The molecule has 0 aromatic rings. The van der Waals surface area contributed by atoms with Crippen molar-refractivity contribution in [2.45, 2.75) is 93.3 Å². The van der Waals surface area contributed by atoms with Gasteiger partial charge in [0.1, 0.15) is 10.9 Å². The SMILES string of the molecule is C=CCC/C=C(\CS(=O)(=O)C1(C2=C[C@@H](N)NC(C(=C)CCCNC(=O)NC3CC=C(C(F)(F)F)CC3)N2)CC1)C(F)(F)F. The third kappa shape index (κ3) is 9.35. The van der Waals surface area contributed by atoms with Crippen LogP contribution in [0.2, 0.25) is 0 Å². The Bertz CT molecular complexity index is 1250. The maximum atomic E-state index is 13.6. The van der Waals surface area contributed by atoms with Gasteiger partial charge in [-0.25, -0.2) is 13.2 Å². The third-order valence-corrected chi connectivity index (χ3v) is 10.3. The van der Waals surface area contributed by atoms with E-state index in [0.29, 0.717) is 18.4 Å². The second kappa shape index (κ2) is 13.9. The molecule has 0 saturated heterocycles. The summed E-state index contributed by atoms with van der Waals surface area (Å²) in [4.78, 5) is 12.2. The van der Waals surface area contributed by atoms with Crippen molar-refractivity contribution >= 4 is 15.9 Å². The molecule has 1 heterocycles. The first kappa shape index (κ1) is 34.7. The lowest BCUT2D eigenvalue weighted by Gasteiger charge is -2.35. The van der Waals surface area contributed by atoms with Crippen molar-refractivity contribution in [2.75, 3.05) is 12.3 Å². The molecule has 8 nitrogen and oxygen atoms in total. The molecule has 0 bridgehead atoms. The Morgan fingerprint density at radius 1 is 1.19 bits per heavy atom. The van der Waals surface area contributed by atoms with E-state index in [1.54, 1.807) is 0 Å². The molecule has 0 aromatic heterocycles. The lowest BCUT2D eigenvalue weighted by atomic mass is 9.95. The van der Waals surface area contributed by atoms with Crippen LogP contribution in [0.1, 0.15) is 57.8 Å². The molecule has 1 fully saturated rings. The zero-order valence-corrected chi connectivity index (χ0v) is 24.5. The van der Waals surface area contributed by atoms with Crippen LogP contribution in [0.5, 0.6) is 0 Å². The summed E-state index contributed by atoms with van der Waals surface area (Å²) in [6.07, 6.45) is -4.08. The van der Waals surface area contributed by atoms with E-state index in [1.165, 1.54) is 12.2 Å². The smallest absolute Gasteiger partial charge is 0.368 e. The van der Waals surface area contributed by atoms with Gasteiger partial charge in [-0.2, -0.15) is 26.3 Å². The fraction of sp³-hybridized carbons (Fsp3) is 0.607. The van der Waals surface area contributed by atoms with Crippen molar-refractivity contribution in [1.29, 1.82) is 0 Å². The molecule has 2 unspecified atom stereocenters. The second-order valence-corrected chi connectivity index (χ2v) is 13.4. The number of halogens is 6. The molecule has 3 atom stereocenters. The predicted molar refractivity (Wildman–Crippen MR) is 152 cm³/mol. The van der Waals surface area contributed by atoms with Crippen LogP contribution in [-0.2, 0) is 9.84 Å². The van der Waals surface area contributed by atoms with Gasteiger partial charge in [0.25, 0.3) is 0 Å². The van der Waals surface area contributed by atoms with Crippen LogP contribution >= 0.6 is 0 Å². The van der Waals surface area contributed by atoms with E-state index in [-0.39, 0.29) is 57.2 Å². The molecule has 0 radical (unpaired) electrons. The molecule has 0 aromatic carbocycles. The Balaban J connectivity index is 1.51. The summed E-state index contributed by atoms with van der Waals surface area (Å²) >= 11 is 0. The average Bonchev–Trinajstić information content (AvgIpc) is 3.72. The van der Waals surface area contributed by atoms with Crippen molar-refractivity contribution in [2.24, 2.45) is 5.73 Å². The van der Waals surface area contributed by atoms with Crippen molar-refractivity contribution in [3.8, 4) is 0 Å². The number of carbonyl (C=O) groups excluding carboxylic acids is 1. The molecular formula is C28H39F6N5O3S. The van der Waals surface area contributed by atoms with Crippen LogP contribution in [0, 0.1) is 0 Å². The van der Waals surface area contributed by atoms with Gasteiger partial charge in [0, 0.05) is 29.4 Å². The minimum absolute atomic E-state index is 0.0236. The van der Waals surface area contributed by atoms with E-state index >= 15 is 0 Å². The summed E-state index contributed by atoms with van der Waals surface area (Å²) in [5, 5.41) is 11.4. The molecule has 3 aliphatic rings. The molecule has 6 N–H and O–H groups in total. The third-order valence-electron chi connectivity index (χ3n) is 7.75. The fourth-order valence-electron chi connectivity index (χ4n) is 5.13. The molecule has 2 amide bonds. The second-order valence-electron chi connectivity index (χ2n) is 11.1. The van der Waals surface area contributed by atoms with Crippen LogP contribution in [0.4, 0.5) is 31.1 Å². The standard InChI is InChI=1S/C28H39F6N5O3S/c1-3-4-5-8-20(28(32,33)34)17-43(41,42)26(13-14-26)22-16-23(35)39-24(38-22)18(2)7-6-15-36-25(40)37-21-11-9-19(10-12-21)27(29,30)31/h3,8-9,16,21,23-24,38-39H,1-2,4-7,10-15,17,35H2,(H2,36,37,40)/b20-8+/t21?,23-,24?/m0/s1. The van der Waals surface area contributed by atoms with Crippen molar-refractivity contribution in [3.05, 3.63) is 59.9 Å². The number of alkyl halides is 6. The lowest BCUT2D eigenvalue weighted by molar-refractivity contribution is -0.0954. The minimum Gasteiger partial charge on any atom is -0.368 e. The number of rotatable bonds is 13. The van der Waals surface area contributed by atoms with Gasteiger partial charge in [-0.3, -0.25) is 5.32 Å². The van der Waals surface area contributed by atoms with Gasteiger partial charge in [-0.15, -0.1) is 6.58 Å². The largest absolute Gasteiger partial charge is 0.413 e. The number of amides is 2. The van der Waals surface area contributed by atoms with Gasteiger partial charge >= 0.3 is 18.4 Å². The van der Waals surface area contributed by atoms with E-state index in [0.717, 1.165) is 12.2 Å². The zero-order valence-electron chi connectivity index (χ0n) is 23.7. The Hall–Kier alpha value is -2.78. The number of sulfone groups is 1. The van der Waals surface area contributed by atoms with E-state index in [4.69, 9.17) is 5.73 Å². The van der Waals surface area contributed by atoms with Crippen LogP contribution in [0.15, 0.2) is 59.9 Å². The number of unbranched alkanes of at least 4 members (excludes halogenated alkanes) is 1. The van der Waals surface area contributed by atoms with Crippen LogP contribution < -0.4 is 27.0 Å². The first-order valence-electron chi connectivity index (χ1n) is 14.1. The van der Waals surface area contributed by atoms with Gasteiger partial charge in [0.05, 0.1) is 11.9 Å². The monoisotopic (exact) mass is 639 g/mol. The van der Waals surface area contributed by atoms with E-state index in [1.807, 2.05) is 0 Å². The highest BCUT2D eigenvalue weighted by Crippen LogP contribution is 2.51. The number of nitrogens with one attached hydrogen (secondary N) is 4. The van der Waals surface area contributed by atoms with Crippen LogP contribution in [-0.4, -0.2) is 62.2 Å². The molecule has 2 aliphatic carbocycles. The quantitative estimate of drug-likeness (QED) is 0.113. The van der Waals surface area contributed by atoms with E-state index < -0.39 is 68.2 Å². The number of allylic oxidation sites excluding steroid dienone is 3. The number of hydrogen-bond donors (Lipinski definition) is 5. The number of urea groups is 1. The highest BCUT2D eigenvalue weighted by molar-refractivity contribution is 7.93. The van der Waals surface area contributed by atoms with Gasteiger partial charge < -0.3 is 21.7 Å². The van der Waals surface area contributed by atoms with Crippen LogP contribution in [0.3, 0.4) is 0 Å². The molecule has 15 heteroatoms. The van der Waals surface area contributed by atoms with E-state index in [2.05, 4.69) is 34.4 Å². The summed E-state index contributed by atoms with van der Waals surface area (Å²) in [6.45, 7) is 7.73. The summed E-state index contributed by atoms with van der Waals surface area (Å²) < 4.78 is 104. The Morgan fingerprint density at radius 3 is 2.44 bits per heavy atom. The Kier molecular flexibility index (Phi) is 11.2. The predicted octanol–water partition coefficient (Wildman–Crippen LogP) is 4.75. The highest BCUT2D eigenvalue weighted by atomic mass is 32.2. The molecule has 1 aliphatic heterocycles. The van der Waals surface area contributed by atoms with Crippen LogP contribution in [0.25, 0.3) is 0 Å². The summed E-state index contributed by atoms with van der Waals surface area (Å²) in [5.41, 5.74) is 5.23. The minimum atomic E-state index is -4.79.